The fourth-order valence-electron chi connectivity index (χ4n) is 1.10. The summed E-state index contributed by atoms with van der Waals surface area (Å²) >= 11 is 3.15. The summed E-state index contributed by atoms with van der Waals surface area (Å²) < 4.78 is 0.547. The molecule has 0 aromatic heterocycles. The number of hydrogen-bond donors (Lipinski definition) is 1. The number of benzene rings is 1. The molecule has 0 radical (unpaired) electrons. The third-order valence-corrected chi connectivity index (χ3v) is 2.48. The summed E-state index contributed by atoms with van der Waals surface area (Å²) in [6.07, 6.45) is 0. The first-order chi connectivity index (χ1) is 6.61. The van der Waals surface area contributed by atoms with E-state index in [1.165, 1.54) is 6.07 Å². The first-order valence-corrected chi connectivity index (χ1v) is 4.47. The third-order valence-electron chi connectivity index (χ3n) is 1.73. The van der Waals surface area contributed by atoms with Gasteiger partial charge in [-0.15, -0.1) is 0 Å². The molecule has 14 heavy (non-hydrogen) atoms. The summed E-state index contributed by atoms with van der Waals surface area (Å²) in [6.45, 7) is 0.0203. The Morgan fingerprint density at radius 2 is 2.29 bits per heavy atom. The van der Waals surface area contributed by atoms with Crippen LogP contribution in [0.2, 0.25) is 0 Å². The van der Waals surface area contributed by atoms with E-state index in [9.17, 15) is 10.1 Å². The first-order valence-electron chi connectivity index (χ1n) is 3.67. The Bertz CT molecular complexity index is 425. The predicted molar refractivity (Wildman–Crippen MR) is 53.4 cm³/mol. The van der Waals surface area contributed by atoms with Crippen LogP contribution in [-0.2, 0) is 6.54 Å². The molecule has 0 aliphatic heterocycles. The summed E-state index contributed by atoms with van der Waals surface area (Å²) in [6, 6.07) is 4.73. The fourth-order valence-corrected chi connectivity index (χ4v) is 1.59. The van der Waals surface area contributed by atoms with Crippen LogP contribution in [-0.4, -0.2) is 4.92 Å². The van der Waals surface area contributed by atoms with Crippen LogP contribution in [0.4, 0.5) is 5.69 Å². The lowest BCUT2D eigenvalue weighted by Crippen LogP contribution is -2.04. The van der Waals surface area contributed by atoms with Crippen LogP contribution < -0.4 is 5.73 Å². The molecule has 0 spiro atoms. The van der Waals surface area contributed by atoms with Gasteiger partial charge < -0.3 is 5.73 Å². The Morgan fingerprint density at radius 3 is 2.71 bits per heavy atom. The molecular formula is C8H6BrN3O2. The molecule has 2 N–H and O–H groups in total. The highest BCUT2D eigenvalue weighted by Crippen LogP contribution is 2.29. The molecule has 6 heteroatoms. The van der Waals surface area contributed by atoms with Gasteiger partial charge >= 0.3 is 0 Å². The molecule has 0 unspecified atom stereocenters. The number of nitriles is 1. The van der Waals surface area contributed by atoms with Crippen molar-refractivity contribution in [2.75, 3.05) is 0 Å². The Morgan fingerprint density at radius 1 is 1.64 bits per heavy atom. The van der Waals surface area contributed by atoms with E-state index in [2.05, 4.69) is 15.9 Å². The number of hydrogen-bond acceptors (Lipinski definition) is 4. The standard InChI is InChI=1S/C8H6BrN3O2/c9-7-2-1-5(3-10)8(12(13)14)6(7)4-11/h1-2H,4,11H2. The summed E-state index contributed by atoms with van der Waals surface area (Å²) in [5, 5.41) is 19.4. The maximum atomic E-state index is 10.7. The lowest BCUT2D eigenvalue weighted by molar-refractivity contribution is -0.385. The quantitative estimate of drug-likeness (QED) is 0.643. The van der Waals surface area contributed by atoms with E-state index < -0.39 is 4.92 Å². The third kappa shape index (κ3) is 1.73. The fraction of sp³-hybridized carbons (Fsp3) is 0.125. The van der Waals surface area contributed by atoms with Gasteiger partial charge in [-0.25, -0.2) is 0 Å². The van der Waals surface area contributed by atoms with Gasteiger partial charge in [-0.2, -0.15) is 5.26 Å². The van der Waals surface area contributed by atoms with Crippen molar-refractivity contribution in [2.45, 2.75) is 6.54 Å². The lowest BCUT2D eigenvalue weighted by Gasteiger charge is -2.03. The molecule has 0 amide bonds. The highest BCUT2D eigenvalue weighted by atomic mass is 79.9. The van der Waals surface area contributed by atoms with Crippen LogP contribution in [0.1, 0.15) is 11.1 Å². The summed E-state index contributed by atoms with van der Waals surface area (Å²) in [5.74, 6) is 0. The Balaban J connectivity index is 3.54. The summed E-state index contributed by atoms with van der Waals surface area (Å²) in [5.41, 5.74) is 5.52. The number of halogens is 1. The van der Waals surface area contributed by atoms with E-state index in [0.717, 1.165) is 0 Å². The van der Waals surface area contributed by atoms with Gasteiger partial charge in [0, 0.05) is 11.0 Å². The second kappa shape index (κ2) is 4.17. The van der Waals surface area contributed by atoms with Crippen molar-refractivity contribution in [3.8, 4) is 6.07 Å². The smallest absolute Gasteiger partial charge is 0.292 e. The summed E-state index contributed by atoms with van der Waals surface area (Å²) in [7, 11) is 0. The van der Waals surface area contributed by atoms with Gasteiger partial charge in [0.25, 0.3) is 5.69 Å². The molecular weight excluding hydrogens is 250 g/mol. The Labute approximate surface area is 88.4 Å². The van der Waals surface area contributed by atoms with Crippen molar-refractivity contribution >= 4 is 21.6 Å². The Kier molecular flexibility index (Phi) is 3.17. The zero-order valence-corrected chi connectivity index (χ0v) is 8.61. The molecule has 1 rings (SSSR count). The van der Waals surface area contributed by atoms with E-state index in [0.29, 0.717) is 10.0 Å². The SMILES string of the molecule is N#Cc1ccc(Br)c(CN)c1[N+](=O)[O-]. The van der Waals surface area contributed by atoms with E-state index in [1.807, 2.05) is 0 Å². The van der Waals surface area contributed by atoms with Crippen molar-refractivity contribution in [2.24, 2.45) is 5.73 Å². The molecule has 0 bridgehead atoms. The molecule has 0 saturated carbocycles. The van der Waals surface area contributed by atoms with Crippen molar-refractivity contribution in [1.29, 1.82) is 5.26 Å². The topological polar surface area (TPSA) is 93.0 Å². The minimum Gasteiger partial charge on any atom is -0.326 e. The average molecular weight is 256 g/mol. The van der Waals surface area contributed by atoms with Crippen molar-refractivity contribution < 1.29 is 4.92 Å². The number of nitrogens with zero attached hydrogens (tertiary/aromatic N) is 2. The average Bonchev–Trinajstić information content (AvgIpc) is 2.17. The zero-order chi connectivity index (χ0) is 10.7. The van der Waals surface area contributed by atoms with Crippen molar-refractivity contribution in [1.82, 2.24) is 0 Å². The molecule has 0 atom stereocenters. The van der Waals surface area contributed by atoms with Gasteiger partial charge in [0.05, 0.1) is 10.5 Å². The highest BCUT2D eigenvalue weighted by molar-refractivity contribution is 9.10. The van der Waals surface area contributed by atoms with E-state index in [4.69, 9.17) is 11.0 Å². The van der Waals surface area contributed by atoms with Gasteiger partial charge in [0.15, 0.2) is 0 Å². The molecule has 0 fully saturated rings. The van der Waals surface area contributed by atoms with Gasteiger partial charge in [-0.05, 0) is 12.1 Å². The predicted octanol–water partition coefficient (Wildman–Crippen LogP) is 1.69. The second-order valence-corrected chi connectivity index (χ2v) is 3.35. The van der Waals surface area contributed by atoms with E-state index >= 15 is 0 Å². The van der Waals surface area contributed by atoms with Crippen LogP contribution >= 0.6 is 15.9 Å². The van der Waals surface area contributed by atoms with Gasteiger partial charge in [-0.3, -0.25) is 10.1 Å². The van der Waals surface area contributed by atoms with Crippen molar-refractivity contribution in [3.63, 3.8) is 0 Å². The van der Waals surface area contributed by atoms with Crippen LogP contribution in [0.5, 0.6) is 0 Å². The maximum absolute atomic E-state index is 10.7. The highest BCUT2D eigenvalue weighted by Gasteiger charge is 2.20. The number of nitro benzene ring substituents is 1. The normalized spacial score (nSPS) is 9.50. The monoisotopic (exact) mass is 255 g/mol. The minimum atomic E-state index is -0.592. The number of nitrogens with two attached hydrogens (primary N) is 1. The first kappa shape index (κ1) is 10.6. The van der Waals surface area contributed by atoms with Crippen LogP contribution in [0, 0.1) is 21.4 Å². The van der Waals surface area contributed by atoms with Gasteiger partial charge in [0.2, 0.25) is 0 Å². The molecule has 0 aliphatic carbocycles. The maximum Gasteiger partial charge on any atom is 0.292 e. The molecule has 0 aliphatic rings. The Hall–Kier alpha value is -1.45. The molecule has 5 nitrogen and oxygen atoms in total. The lowest BCUT2D eigenvalue weighted by atomic mass is 10.1. The van der Waals surface area contributed by atoms with E-state index in [-0.39, 0.29) is 17.8 Å². The van der Waals surface area contributed by atoms with Crippen molar-refractivity contribution in [3.05, 3.63) is 37.8 Å². The van der Waals surface area contributed by atoms with Crippen LogP contribution in [0.25, 0.3) is 0 Å². The minimum absolute atomic E-state index is 0.0203. The molecule has 72 valence electrons. The van der Waals surface area contributed by atoms with Gasteiger partial charge in [-0.1, -0.05) is 15.9 Å². The van der Waals surface area contributed by atoms with Gasteiger partial charge in [0.1, 0.15) is 11.6 Å². The van der Waals surface area contributed by atoms with E-state index in [1.54, 1.807) is 12.1 Å². The van der Waals surface area contributed by atoms with Crippen LogP contribution in [0.3, 0.4) is 0 Å². The molecule has 0 saturated heterocycles. The summed E-state index contributed by atoms with van der Waals surface area (Å²) in [4.78, 5) is 10.1. The van der Waals surface area contributed by atoms with Crippen LogP contribution in [0.15, 0.2) is 16.6 Å². The second-order valence-electron chi connectivity index (χ2n) is 2.50. The zero-order valence-electron chi connectivity index (χ0n) is 7.03. The molecule has 1 aromatic rings. The molecule has 0 heterocycles. The largest absolute Gasteiger partial charge is 0.326 e. The number of nitro groups is 1. The molecule has 1 aromatic carbocycles. The number of rotatable bonds is 2.